The highest BCUT2D eigenvalue weighted by Gasteiger charge is 2.14. The van der Waals surface area contributed by atoms with Crippen molar-refractivity contribution >= 4 is 45.7 Å². The normalized spacial score (nSPS) is 10.7. The molecule has 0 saturated carbocycles. The molecule has 0 aliphatic heterocycles. The third-order valence-corrected chi connectivity index (χ3v) is 3.16. The quantitative estimate of drug-likeness (QED) is 0.762. The molecule has 2 N–H and O–H groups in total. The number of carbonyl (C=O) groups excluding carboxylic acids is 1. The second kappa shape index (κ2) is 5.07. The number of fused-ring (bicyclic) bond motifs is 1. The Morgan fingerprint density at radius 3 is 2.95 bits per heavy atom. The molecule has 3 rings (SSSR count). The van der Waals surface area contributed by atoms with Crippen LogP contribution in [-0.2, 0) is 0 Å². The van der Waals surface area contributed by atoms with E-state index in [1.807, 2.05) is 6.07 Å². The Morgan fingerprint density at radius 2 is 2.10 bits per heavy atom. The fourth-order valence-electron chi connectivity index (χ4n) is 1.78. The summed E-state index contributed by atoms with van der Waals surface area (Å²) in [7, 11) is 0. The number of aromatic nitrogens is 4. The van der Waals surface area contributed by atoms with Crippen LogP contribution in [0.3, 0.4) is 0 Å². The van der Waals surface area contributed by atoms with Crippen LogP contribution in [0.2, 0.25) is 10.3 Å². The van der Waals surface area contributed by atoms with Gasteiger partial charge in [-0.3, -0.25) is 9.89 Å². The standard InChI is InChI=1S/C12H7Cl2N5O/c13-10-4-6(11(14)19-18-10)12(20)16-8-2-1-3-9-7(8)5-15-17-9/h1-5H,(H,15,17)(H,16,20). The van der Waals surface area contributed by atoms with Gasteiger partial charge in [-0.15, -0.1) is 10.2 Å². The molecule has 1 aromatic carbocycles. The van der Waals surface area contributed by atoms with Gasteiger partial charge < -0.3 is 5.32 Å². The summed E-state index contributed by atoms with van der Waals surface area (Å²) in [5, 5.41) is 17.5. The number of amides is 1. The highest BCUT2D eigenvalue weighted by Crippen LogP contribution is 2.23. The molecule has 8 heteroatoms. The third kappa shape index (κ3) is 2.31. The lowest BCUT2D eigenvalue weighted by Gasteiger charge is -2.07. The van der Waals surface area contributed by atoms with E-state index in [1.165, 1.54) is 6.07 Å². The molecule has 6 nitrogen and oxygen atoms in total. The second-order valence-electron chi connectivity index (χ2n) is 3.96. The number of aromatic amines is 1. The van der Waals surface area contributed by atoms with Gasteiger partial charge in [-0.25, -0.2) is 0 Å². The number of hydrogen-bond acceptors (Lipinski definition) is 4. The van der Waals surface area contributed by atoms with Crippen molar-refractivity contribution in [1.29, 1.82) is 0 Å². The number of halogens is 2. The zero-order valence-electron chi connectivity index (χ0n) is 9.89. The van der Waals surface area contributed by atoms with Gasteiger partial charge >= 0.3 is 0 Å². The average Bonchev–Trinajstić information content (AvgIpc) is 2.91. The van der Waals surface area contributed by atoms with Crippen LogP contribution in [-0.4, -0.2) is 26.3 Å². The molecule has 0 saturated heterocycles. The van der Waals surface area contributed by atoms with Crippen LogP contribution in [0.25, 0.3) is 10.9 Å². The van der Waals surface area contributed by atoms with E-state index in [-0.39, 0.29) is 15.9 Å². The van der Waals surface area contributed by atoms with Gasteiger partial charge in [-0.05, 0) is 18.2 Å². The molecule has 2 aromatic heterocycles. The predicted octanol–water partition coefficient (Wildman–Crippen LogP) is 2.91. The van der Waals surface area contributed by atoms with E-state index in [2.05, 4.69) is 25.7 Å². The van der Waals surface area contributed by atoms with Crippen LogP contribution in [0.1, 0.15) is 10.4 Å². The van der Waals surface area contributed by atoms with Gasteiger partial charge in [0.15, 0.2) is 10.3 Å². The number of hydrogen-bond donors (Lipinski definition) is 2. The Hall–Kier alpha value is -2.18. The van der Waals surface area contributed by atoms with E-state index in [0.717, 1.165) is 10.9 Å². The topological polar surface area (TPSA) is 83.6 Å². The summed E-state index contributed by atoms with van der Waals surface area (Å²) in [5.74, 6) is -0.416. The van der Waals surface area contributed by atoms with Gasteiger partial charge in [0, 0.05) is 5.39 Å². The van der Waals surface area contributed by atoms with Crippen LogP contribution >= 0.6 is 23.2 Å². The molecule has 0 radical (unpaired) electrons. The maximum atomic E-state index is 12.2. The molecule has 0 fully saturated rings. The first-order chi connectivity index (χ1) is 9.65. The maximum absolute atomic E-state index is 12.2. The summed E-state index contributed by atoms with van der Waals surface area (Å²) in [4.78, 5) is 12.2. The van der Waals surface area contributed by atoms with Gasteiger partial charge in [0.2, 0.25) is 0 Å². The van der Waals surface area contributed by atoms with E-state index < -0.39 is 5.91 Å². The van der Waals surface area contributed by atoms with Crippen molar-refractivity contribution in [3.63, 3.8) is 0 Å². The minimum Gasteiger partial charge on any atom is -0.321 e. The lowest BCUT2D eigenvalue weighted by molar-refractivity contribution is 0.102. The number of nitrogens with zero attached hydrogens (tertiary/aromatic N) is 3. The molecule has 100 valence electrons. The van der Waals surface area contributed by atoms with Crippen molar-refractivity contribution in [3.05, 3.63) is 46.3 Å². The molecule has 0 spiro atoms. The molecule has 3 aromatic rings. The smallest absolute Gasteiger partial charge is 0.258 e. The predicted molar refractivity (Wildman–Crippen MR) is 76.1 cm³/mol. The number of rotatable bonds is 2. The zero-order valence-corrected chi connectivity index (χ0v) is 11.4. The average molecular weight is 308 g/mol. The van der Waals surface area contributed by atoms with E-state index >= 15 is 0 Å². The minimum atomic E-state index is -0.416. The van der Waals surface area contributed by atoms with Crippen LogP contribution in [0.4, 0.5) is 5.69 Å². The van der Waals surface area contributed by atoms with Gasteiger partial charge in [0.1, 0.15) is 0 Å². The fourth-order valence-corrected chi connectivity index (χ4v) is 2.10. The summed E-state index contributed by atoms with van der Waals surface area (Å²) in [5.41, 5.74) is 1.59. The summed E-state index contributed by atoms with van der Waals surface area (Å²) < 4.78 is 0. The molecule has 0 aliphatic rings. The van der Waals surface area contributed by atoms with Crippen molar-refractivity contribution < 1.29 is 4.79 Å². The first-order valence-corrected chi connectivity index (χ1v) is 6.33. The van der Waals surface area contributed by atoms with Crippen molar-refractivity contribution in [3.8, 4) is 0 Å². The van der Waals surface area contributed by atoms with E-state index in [0.29, 0.717) is 5.69 Å². The number of anilines is 1. The van der Waals surface area contributed by atoms with Crippen LogP contribution in [0.15, 0.2) is 30.5 Å². The minimum absolute atomic E-state index is 0.00808. The van der Waals surface area contributed by atoms with E-state index in [4.69, 9.17) is 23.2 Å². The molecule has 0 unspecified atom stereocenters. The third-order valence-electron chi connectivity index (χ3n) is 2.70. The largest absolute Gasteiger partial charge is 0.321 e. The van der Waals surface area contributed by atoms with Gasteiger partial charge in [0.05, 0.1) is 23.0 Å². The summed E-state index contributed by atoms with van der Waals surface area (Å²) in [6, 6.07) is 6.78. The fraction of sp³-hybridized carbons (Fsp3) is 0. The Bertz CT molecular complexity index is 801. The molecule has 0 bridgehead atoms. The highest BCUT2D eigenvalue weighted by molar-refractivity contribution is 6.34. The van der Waals surface area contributed by atoms with Crippen LogP contribution in [0, 0.1) is 0 Å². The van der Waals surface area contributed by atoms with Crippen LogP contribution in [0.5, 0.6) is 0 Å². The van der Waals surface area contributed by atoms with Crippen molar-refractivity contribution in [1.82, 2.24) is 20.4 Å². The highest BCUT2D eigenvalue weighted by atomic mass is 35.5. The number of carbonyl (C=O) groups is 1. The molecular weight excluding hydrogens is 301 g/mol. The molecule has 20 heavy (non-hydrogen) atoms. The maximum Gasteiger partial charge on any atom is 0.258 e. The summed E-state index contributed by atoms with van der Waals surface area (Å²) in [6.07, 6.45) is 1.63. The van der Waals surface area contributed by atoms with E-state index in [1.54, 1.807) is 18.3 Å². The summed E-state index contributed by atoms with van der Waals surface area (Å²) in [6.45, 7) is 0. The van der Waals surface area contributed by atoms with Gasteiger partial charge in [0.25, 0.3) is 5.91 Å². The molecule has 0 atom stereocenters. The number of H-pyrrole nitrogens is 1. The Balaban J connectivity index is 1.96. The molecule has 0 aliphatic carbocycles. The second-order valence-corrected chi connectivity index (χ2v) is 4.71. The first kappa shape index (κ1) is 12.8. The first-order valence-electron chi connectivity index (χ1n) is 5.57. The van der Waals surface area contributed by atoms with E-state index in [9.17, 15) is 4.79 Å². The molecular formula is C12H7Cl2N5O. The Labute approximate surface area is 123 Å². The zero-order chi connectivity index (χ0) is 14.1. The molecule has 2 heterocycles. The summed E-state index contributed by atoms with van der Waals surface area (Å²) >= 11 is 11.6. The van der Waals surface area contributed by atoms with Crippen molar-refractivity contribution in [2.75, 3.05) is 5.32 Å². The lowest BCUT2D eigenvalue weighted by Crippen LogP contribution is -2.13. The number of benzene rings is 1. The van der Waals surface area contributed by atoms with Crippen LogP contribution < -0.4 is 5.32 Å². The Kier molecular flexibility index (Phi) is 3.25. The van der Waals surface area contributed by atoms with Gasteiger partial charge in [-0.2, -0.15) is 5.10 Å². The lowest BCUT2D eigenvalue weighted by atomic mass is 10.2. The van der Waals surface area contributed by atoms with Gasteiger partial charge in [-0.1, -0.05) is 29.3 Å². The van der Waals surface area contributed by atoms with Crippen molar-refractivity contribution in [2.45, 2.75) is 0 Å². The SMILES string of the molecule is O=C(Nc1cccc2[nH]ncc12)c1cc(Cl)nnc1Cl. The molecule has 1 amide bonds. The number of nitrogens with one attached hydrogen (secondary N) is 2. The van der Waals surface area contributed by atoms with Crippen molar-refractivity contribution in [2.24, 2.45) is 0 Å². The Morgan fingerprint density at radius 1 is 1.25 bits per heavy atom. The monoisotopic (exact) mass is 307 g/mol.